The number of methoxy groups -OCH3 is 1. The largest absolute Gasteiger partial charge is 0.497 e. The van der Waals surface area contributed by atoms with Crippen LogP contribution in [0.3, 0.4) is 0 Å². The molecule has 0 aliphatic heterocycles. The highest BCUT2D eigenvalue weighted by Gasteiger charge is 2.16. The number of aromatic nitrogens is 2. The second-order valence-corrected chi connectivity index (χ2v) is 6.86. The Balaban J connectivity index is 1.63. The molecule has 0 radical (unpaired) electrons. The van der Waals surface area contributed by atoms with Crippen molar-refractivity contribution in [2.45, 2.75) is 20.4 Å². The van der Waals surface area contributed by atoms with Gasteiger partial charge in [0.25, 0.3) is 0 Å². The summed E-state index contributed by atoms with van der Waals surface area (Å²) < 4.78 is 7.03. The Kier molecular flexibility index (Phi) is 6.11. The van der Waals surface area contributed by atoms with E-state index in [0.717, 1.165) is 34.1 Å². The molecule has 1 N–H and O–H groups in total. The molecule has 6 nitrogen and oxygen atoms in total. The summed E-state index contributed by atoms with van der Waals surface area (Å²) in [6.45, 7) is 4.84. The Bertz CT molecular complexity index is 933. The van der Waals surface area contributed by atoms with Crippen LogP contribution in [0.1, 0.15) is 17.0 Å². The quantitative estimate of drug-likeness (QED) is 0.683. The van der Waals surface area contributed by atoms with Crippen molar-refractivity contribution in [3.05, 3.63) is 71.5 Å². The van der Waals surface area contributed by atoms with Crippen LogP contribution in [-0.4, -0.2) is 41.3 Å². The molecule has 28 heavy (non-hydrogen) atoms. The van der Waals surface area contributed by atoms with Crippen LogP contribution >= 0.6 is 0 Å². The van der Waals surface area contributed by atoms with Crippen molar-refractivity contribution in [1.29, 1.82) is 0 Å². The summed E-state index contributed by atoms with van der Waals surface area (Å²) in [7, 11) is 3.58. The molecule has 1 amide bonds. The van der Waals surface area contributed by atoms with Gasteiger partial charge in [-0.2, -0.15) is 5.10 Å². The van der Waals surface area contributed by atoms with Gasteiger partial charge in [-0.1, -0.05) is 30.3 Å². The molecule has 0 spiro atoms. The number of ether oxygens (including phenoxy) is 1. The molecule has 6 heteroatoms. The lowest BCUT2D eigenvalue weighted by Crippen LogP contribution is -2.30. The highest BCUT2D eigenvalue weighted by molar-refractivity contribution is 5.93. The number of nitrogens with zero attached hydrogens (tertiary/aromatic N) is 3. The molecular formula is C22H26N4O2. The second kappa shape index (κ2) is 8.71. The molecule has 0 aliphatic rings. The molecule has 1 aromatic heterocycles. The van der Waals surface area contributed by atoms with E-state index in [2.05, 4.69) is 10.4 Å². The standard InChI is InChI=1S/C22H26N4O2/c1-16-22(17(2)26(24-16)19-8-6-5-7-9-19)23-21(27)15-25(3)14-18-10-12-20(28-4)13-11-18/h5-13H,14-15H2,1-4H3,(H,23,27). The predicted molar refractivity (Wildman–Crippen MR) is 111 cm³/mol. The SMILES string of the molecule is COc1ccc(CN(C)CC(=O)Nc2c(C)nn(-c3ccccc3)c2C)cc1. The normalized spacial score (nSPS) is 10.9. The number of likely N-dealkylation sites (N-methyl/N-ethyl adjacent to an activating group) is 1. The fraction of sp³-hybridized carbons (Fsp3) is 0.273. The van der Waals surface area contributed by atoms with Crippen LogP contribution in [0.4, 0.5) is 5.69 Å². The summed E-state index contributed by atoms with van der Waals surface area (Å²) >= 11 is 0. The fourth-order valence-corrected chi connectivity index (χ4v) is 3.17. The molecule has 1 heterocycles. The van der Waals surface area contributed by atoms with Crippen molar-refractivity contribution in [1.82, 2.24) is 14.7 Å². The monoisotopic (exact) mass is 378 g/mol. The number of aryl methyl sites for hydroxylation is 1. The molecule has 2 aromatic carbocycles. The smallest absolute Gasteiger partial charge is 0.238 e. The number of carbonyl (C=O) groups is 1. The van der Waals surface area contributed by atoms with Gasteiger partial charge in [0, 0.05) is 6.54 Å². The van der Waals surface area contributed by atoms with E-state index in [-0.39, 0.29) is 5.91 Å². The molecular weight excluding hydrogens is 352 g/mol. The summed E-state index contributed by atoms with van der Waals surface area (Å²) in [5, 5.41) is 7.59. The maximum absolute atomic E-state index is 12.6. The molecule has 0 saturated heterocycles. The van der Waals surface area contributed by atoms with Crippen LogP contribution in [-0.2, 0) is 11.3 Å². The molecule has 3 aromatic rings. The van der Waals surface area contributed by atoms with Crippen molar-refractivity contribution in [2.75, 3.05) is 26.0 Å². The number of para-hydroxylation sites is 1. The summed E-state index contributed by atoms with van der Waals surface area (Å²) in [4.78, 5) is 14.5. The van der Waals surface area contributed by atoms with Crippen molar-refractivity contribution in [2.24, 2.45) is 0 Å². The number of benzene rings is 2. The number of carbonyl (C=O) groups excluding carboxylic acids is 1. The lowest BCUT2D eigenvalue weighted by atomic mass is 10.2. The zero-order valence-electron chi connectivity index (χ0n) is 16.8. The zero-order chi connectivity index (χ0) is 20.1. The van der Waals surface area contributed by atoms with E-state index < -0.39 is 0 Å². The first kappa shape index (κ1) is 19.6. The third kappa shape index (κ3) is 4.58. The van der Waals surface area contributed by atoms with Gasteiger partial charge in [-0.05, 0) is 50.7 Å². The van der Waals surface area contributed by atoms with E-state index in [1.165, 1.54) is 0 Å². The highest BCUT2D eigenvalue weighted by atomic mass is 16.5. The average Bonchev–Trinajstić information content (AvgIpc) is 2.97. The Hall–Kier alpha value is -3.12. The third-order valence-corrected chi connectivity index (χ3v) is 4.58. The van der Waals surface area contributed by atoms with Crippen LogP contribution in [0.25, 0.3) is 5.69 Å². The van der Waals surface area contributed by atoms with Gasteiger partial charge in [0.05, 0.1) is 36.4 Å². The predicted octanol–water partition coefficient (Wildman–Crippen LogP) is 3.57. The van der Waals surface area contributed by atoms with E-state index in [4.69, 9.17) is 4.74 Å². The topological polar surface area (TPSA) is 59.4 Å². The Morgan fingerprint density at radius 1 is 1.11 bits per heavy atom. The van der Waals surface area contributed by atoms with Crippen LogP contribution in [0.15, 0.2) is 54.6 Å². The third-order valence-electron chi connectivity index (χ3n) is 4.58. The van der Waals surface area contributed by atoms with Gasteiger partial charge in [-0.15, -0.1) is 0 Å². The number of nitrogens with one attached hydrogen (secondary N) is 1. The molecule has 0 saturated carbocycles. The number of rotatable bonds is 7. The van der Waals surface area contributed by atoms with Gasteiger partial charge in [0.1, 0.15) is 5.75 Å². The van der Waals surface area contributed by atoms with E-state index >= 15 is 0 Å². The number of amides is 1. The van der Waals surface area contributed by atoms with Crippen LogP contribution in [0.5, 0.6) is 5.75 Å². The number of hydrogen-bond acceptors (Lipinski definition) is 4. The summed E-state index contributed by atoms with van der Waals surface area (Å²) in [5.74, 6) is 0.764. The van der Waals surface area contributed by atoms with Crippen molar-refractivity contribution >= 4 is 11.6 Å². The molecule has 0 aliphatic carbocycles. The van der Waals surface area contributed by atoms with E-state index in [9.17, 15) is 4.79 Å². The first-order valence-electron chi connectivity index (χ1n) is 9.21. The van der Waals surface area contributed by atoms with E-state index in [1.54, 1.807) is 7.11 Å². The molecule has 0 bridgehead atoms. The van der Waals surface area contributed by atoms with Crippen molar-refractivity contribution < 1.29 is 9.53 Å². The van der Waals surface area contributed by atoms with Crippen LogP contribution < -0.4 is 10.1 Å². The maximum Gasteiger partial charge on any atom is 0.238 e. The Morgan fingerprint density at radius 2 is 1.79 bits per heavy atom. The minimum Gasteiger partial charge on any atom is -0.497 e. The average molecular weight is 378 g/mol. The second-order valence-electron chi connectivity index (χ2n) is 6.86. The first-order chi connectivity index (χ1) is 13.5. The van der Waals surface area contributed by atoms with Gasteiger partial charge in [-0.3, -0.25) is 9.69 Å². The van der Waals surface area contributed by atoms with Gasteiger partial charge in [-0.25, -0.2) is 4.68 Å². The van der Waals surface area contributed by atoms with Gasteiger partial charge in [0.2, 0.25) is 5.91 Å². The summed E-state index contributed by atoms with van der Waals surface area (Å²) in [6, 6.07) is 17.8. The lowest BCUT2D eigenvalue weighted by molar-refractivity contribution is -0.117. The molecule has 146 valence electrons. The number of hydrogen-bond donors (Lipinski definition) is 1. The number of anilines is 1. The van der Waals surface area contributed by atoms with Crippen molar-refractivity contribution in [3.63, 3.8) is 0 Å². The van der Waals surface area contributed by atoms with E-state index in [1.807, 2.05) is 85.1 Å². The summed E-state index contributed by atoms with van der Waals surface area (Å²) in [6.07, 6.45) is 0. The summed E-state index contributed by atoms with van der Waals surface area (Å²) in [5.41, 5.74) is 4.58. The van der Waals surface area contributed by atoms with E-state index in [0.29, 0.717) is 13.1 Å². The molecule has 0 unspecified atom stereocenters. The lowest BCUT2D eigenvalue weighted by Gasteiger charge is -2.16. The molecule has 0 fully saturated rings. The zero-order valence-corrected chi connectivity index (χ0v) is 16.8. The minimum atomic E-state index is -0.0603. The molecule has 3 rings (SSSR count). The maximum atomic E-state index is 12.6. The van der Waals surface area contributed by atoms with Gasteiger partial charge >= 0.3 is 0 Å². The minimum absolute atomic E-state index is 0.0603. The van der Waals surface area contributed by atoms with Crippen LogP contribution in [0, 0.1) is 13.8 Å². The van der Waals surface area contributed by atoms with Gasteiger partial charge < -0.3 is 10.1 Å². The van der Waals surface area contributed by atoms with Crippen LogP contribution in [0.2, 0.25) is 0 Å². The Labute approximate surface area is 165 Å². The van der Waals surface area contributed by atoms with Crippen molar-refractivity contribution in [3.8, 4) is 11.4 Å². The highest BCUT2D eigenvalue weighted by Crippen LogP contribution is 2.22. The molecule has 0 atom stereocenters. The van der Waals surface area contributed by atoms with Gasteiger partial charge in [0.15, 0.2) is 0 Å². The first-order valence-corrected chi connectivity index (χ1v) is 9.21. The fourth-order valence-electron chi connectivity index (χ4n) is 3.17. The Morgan fingerprint density at radius 3 is 2.43 bits per heavy atom.